The van der Waals surface area contributed by atoms with Gasteiger partial charge in [-0.3, -0.25) is 4.79 Å². The van der Waals surface area contributed by atoms with Gasteiger partial charge in [0, 0.05) is 37.1 Å². The predicted molar refractivity (Wildman–Crippen MR) is 128 cm³/mol. The Morgan fingerprint density at radius 1 is 1.03 bits per heavy atom. The Hall–Kier alpha value is -3.79. The average molecular weight is 500 g/mol. The molecule has 0 radical (unpaired) electrons. The number of hydrogen-bond acceptors (Lipinski definition) is 5. The van der Waals surface area contributed by atoms with Gasteiger partial charge in [0.2, 0.25) is 5.91 Å². The number of benzene rings is 2. The van der Waals surface area contributed by atoms with Gasteiger partial charge in [-0.15, -0.1) is 0 Å². The summed E-state index contributed by atoms with van der Waals surface area (Å²) < 4.78 is 61.5. The van der Waals surface area contributed by atoms with Crippen molar-refractivity contribution in [3.8, 4) is 11.5 Å². The van der Waals surface area contributed by atoms with E-state index in [-0.39, 0.29) is 27.4 Å². The third kappa shape index (κ3) is 5.48. The van der Waals surface area contributed by atoms with E-state index >= 15 is 0 Å². The summed E-state index contributed by atoms with van der Waals surface area (Å²) in [5.41, 5.74) is 0.887. The van der Waals surface area contributed by atoms with Crippen LogP contribution in [0.2, 0.25) is 0 Å². The first-order valence-electron chi connectivity index (χ1n) is 10.9. The van der Waals surface area contributed by atoms with Crippen LogP contribution >= 0.6 is 0 Å². The summed E-state index contributed by atoms with van der Waals surface area (Å²) in [5.74, 6) is -3.24. The molecule has 0 spiro atoms. The lowest BCUT2D eigenvalue weighted by molar-refractivity contribution is -0.114. The Kier molecular flexibility index (Phi) is 6.83. The van der Waals surface area contributed by atoms with Gasteiger partial charge in [0.1, 0.15) is 5.75 Å². The fourth-order valence-electron chi connectivity index (χ4n) is 3.14. The first-order valence-corrected chi connectivity index (χ1v) is 12.3. The number of nitrogens with one attached hydrogen (secondary N) is 1. The number of amides is 1. The molecule has 4 aromatic rings. The standard InChI is InChI=1S/C22H17F2N3O4S.C3H6/c1-13-3-5-16(6-4-13)32(29,30)27-10-8-17-20(7-9-25-22(17)27)31-21-18(23)11-15(12-19(21)24)26-14(2)28;1-2-3-1/h3-12H,1-2H3,(H,26,28);1-3H2. The zero-order valence-electron chi connectivity index (χ0n) is 19.1. The lowest BCUT2D eigenvalue weighted by Gasteiger charge is -2.11. The minimum absolute atomic E-state index is 0.0120. The minimum atomic E-state index is -3.95. The maximum atomic E-state index is 14.5. The molecular formula is C25H23F2N3O4S. The molecular weight excluding hydrogens is 476 g/mol. The molecule has 0 bridgehead atoms. The Labute approximate surface area is 201 Å². The van der Waals surface area contributed by atoms with E-state index in [0.717, 1.165) is 21.7 Å². The number of nitrogens with zero attached hydrogens (tertiary/aromatic N) is 2. The van der Waals surface area contributed by atoms with Crippen molar-refractivity contribution in [1.29, 1.82) is 0 Å². The van der Waals surface area contributed by atoms with Gasteiger partial charge in [-0.1, -0.05) is 37.0 Å². The number of aromatic nitrogens is 2. The van der Waals surface area contributed by atoms with Crippen molar-refractivity contribution in [3.05, 3.63) is 78.1 Å². The molecule has 1 N–H and O–H groups in total. The predicted octanol–water partition coefficient (Wildman–Crippen LogP) is 5.78. The molecule has 35 heavy (non-hydrogen) atoms. The largest absolute Gasteiger partial charge is 0.450 e. The van der Waals surface area contributed by atoms with Crippen LogP contribution in [0.15, 0.2) is 65.8 Å². The summed E-state index contributed by atoms with van der Waals surface area (Å²) in [4.78, 5) is 15.3. The van der Waals surface area contributed by atoms with Gasteiger partial charge in [-0.05, 0) is 31.2 Å². The number of pyridine rings is 1. The molecule has 1 saturated carbocycles. The lowest BCUT2D eigenvalue weighted by Crippen LogP contribution is -2.12. The second kappa shape index (κ2) is 9.83. The van der Waals surface area contributed by atoms with Gasteiger partial charge in [-0.25, -0.2) is 26.2 Å². The second-order valence-corrected chi connectivity index (χ2v) is 9.90. The second-order valence-electron chi connectivity index (χ2n) is 8.09. The molecule has 7 nitrogen and oxygen atoms in total. The summed E-state index contributed by atoms with van der Waals surface area (Å²) in [7, 11) is -3.95. The molecule has 0 aliphatic heterocycles. The van der Waals surface area contributed by atoms with E-state index in [1.807, 2.05) is 6.92 Å². The number of fused-ring (bicyclic) bond motifs is 1. The van der Waals surface area contributed by atoms with E-state index in [0.29, 0.717) is 0 Å². The van der Waals surface area contributed by atoms with Crippen LogP contribution in [0.25, 0.3) is 11.0 Å². The van der Waals surface area contributed by atoms with E-state index in [9.17, 15) is 22.0 Å². The molecule has 2 heterocycles. The number of ether oxygens (including phenoxy) is 1. The summed E-state index contributed by atoms with van der Waals surface area (Å²) in [6.45, 7) is 3.05. The molecule has 1 amide bonds. The number of aryl methyl sites for hydroxylation is 1. The van der Waals surface area contributed by atoms with Crippen LogP contribution in [-0.2, 0) is 14.8 Å². The summed E-state index contributed by atoms with van der Waals surface area (Å²) >= 11 is 0. The summed E-state index contributed by atoms with van der Waals surface area (Å²) in [5, 5.41) is 2.54. The first kappa shape index (κ1) is 24.3. The number of anilines is 1. The van der Waals surface area contributed by atoms with Crippen molar-refractivity contribution < 1.29 is 26.7 Å². The van der Waals surface area contributed by atoms with Gasteiger partial charge >= 0.3 is 0 Å². The lowest BCUT2D eigenvalue weighted by atomic mass is 10.2. The monoisotopic (exact) mass is 499 g/mol. The Balaban J connectivity index is 0.000000894. The molecule has 1 aliphatic rings. The molecule has 10 heteroatoms. The fourth-order valence-corrected chi connectivity index (χ4v) is 4.44. The maximum Gasteiger partial charge on any atom is 0.269 e. The summed E-state index contributed by atoms with van der Waals surface area (Å²) in [6.07, 6.45) is 7.08. The topological polar surface area (TPSA) is 90.3 Å². The average Bonchev–Trinajstić information content (AvgIpc) is 3.61. The van der Waals surface area contributed by atoms with E-state index in [4.69, 9.17) is 4.74 Å². The van der Waals surface area contributed by atoms with Crippen LogP contribution in [0.4, 0.5) is 14.5 Å². The molecule has 1 fully saturated rings. The van der Waals surface area contributed by atoms with Crippen LogP contribution in [0.5, 0.6) is 11.5 Å². The van der Waals surface area contributed by atoms with Gasteiger partial charge in [0.15, 0.2) is 23.0 Å². The Bertz CT molecular complexity index is 1470. The minimum Gasteiger partial charge on any atom is -0.450 e. The molecule has 0 saturated heterocycles. The van der Waals surface area contributed by atoms with Crippen LogP contribution in [-0.4, -0.2) is 23.3 Å². The quantitative estimate of drug-likeness (QED) is 0.376. The zero-order chi connectivity index (χ0) is 25.2. The molecule has 0 atom stereocenters. The van der Waals surface area contributed by atoms with Gasteiger partial charge < -0.3 is 10.1 Å². The molecule has 2 aromatic carbocycles. The van der Waals surface area contributed by atoms with Crippen molar-refractivity contribution in [2.24, 2.45) is 0 Å². The number of rotatable bonds is 5. The van der Waals surface area contributed by atoms with E-state index in [1.165, 1.54) is 62.8 Å². The molecule has 5 rings (SSSR count). The van der Waals surface area contributed by atoms with Crippen LogP contribution < -0.4 is 10.1 Å². The van der Waals surface area contributed by atoms with Crippen molar-refractivity contribution in [1.82, 2.24) is 8.96 Å². The Morgan fingerprint density at radius 3 is 2.23 bits per heavy atom. The van der Waals surface area contributed by atoms with Crippen molar-refractivity contribution >= 4 is 32.7 Å². The molecule has 2 aromatic heterocycles. The van der Waals surface area contributed by atoms with Gasteiger partial charge in [-0.2, -0.15) is 0 Å². The highest BCUT2D eigenvalue weighted by Gasteiger charge is 2.22. The SMILES string of the molecule is C1CC1.CC(=O)Nc1cc(F)c(Oc2ccnc3c2ccn3S(=O)(=O)c2ccc(C)cc2)c(F)c1. The van der Waals surface area contributed by atoms with E-state index in [2.05, 4.69) is 10.3 Å². The number of carbonyl (C=O) groups is 1. The van der Waals surface area contributed by atoms with Crippen molar-refractivity contribution in [2.75, 3.05) is 5.32 Å². The zero-order valence-corrected chi connectivity index (χ0v) is 19.9. The van der Waals surface area contributed by atoms with Gasteiger partial charge in [0.25, 0.3) is 10.0 Å². The van der Waals surface area contributed by atoms with E-state index < -0.39 is 33.3 Å². The van der Waals surface area contributed by atoms with Crippen molar-refractivity contribution in [3.63, 3.8) is 0 Å². The number of hydrogen-bond donors (Lipinski definition) is 1. The summed E-state index contributed by atoms with van der Waals surface area (Å²) in [6, 6.07) is 11.0. The maximum absolute atomic E-state index is 14.5. The fraction of sp³-hybridized carbons (Fsp3) is 0.200. The van der Waals surface area contributed by atoms with Crippen LogP contribution in [0, 0.1) is 18.6 Å². The molecule has 1 aliphatic carbocycles. The number of halogens is 2. The third-order valence-corrected chi connectivity index (χ3v) is 6.66. The first-order chi connectivity index (χ1) is 16.7. The van der Waals surface area contributed by atoms with E-state index in [1.54, 1.807) is 12.1 Å². The van der Waals surface area contributed by atoms with Gasteiger partial charge in [0.05, 0.1) is 10.3 Å². The van der Waals surface area contributed by atoms with Crippen molar-refractivity contribution in [2.45, 2.75) is 38.0 Å². The highest BCUT2D eigenvalue weighted by molar-refractivity contribution is 7.90. The van der Waals surface area contributed by atoms with Crippen LogP contribution in [0.1, 0.15) is 31.7 Å². The smallest absolute Gasteiger partial charge is 0.269 e. The highest BCUT2D eigenvalue weighted by Crippen LogP contribution is 2.35. The van der Waals surface area contributed by atoms with Crippen LogP contribution in [0.3, 0.4) is 0 Å². The highest BCUT2D eigenvalue weighted by atomic mass is 32.2. The molecule has 0 unspecified atom stereocenters. The Morgan fingerprint density at radius 2 is 1.66 bits per heavy atom. The molecule has 182 valence electrons. The number of carbonyl (C=O) groups excluding carboxylic acids is 1. The third-order valence-electron chi connectivity index (χ3n) is 4.98. The normalized spacial score (nSPS) is 12.6.